The largest absolute Gasteiger partial charge is 0.494 e. The van der Waals surface area contributed by atoms with E-state index >= 15 is 0 Å². The number of nitro benzene ring substituents is 1. The molecule has 0 radical (unpaired) electrons. The van der Waals surface area contributed by atoms with E-state index in [9.17, 15) is 24.8 Å². The zero-order chi connectivity index (χ0) is 27.5. The molecular weight excluding hydrogens is 498 g/mol. The highest BCUT2D eigenvalue weighted by molar-refractivity contribution is 6.22. The van der Waals surface area contributed by atoms with Crippen molar-refractivity contribution in [2.75, 3.05) is 6.54 Å². The molecule has 5 rings (SSSR count). The van der Waals surface area contributed by atoms with E-state index in [1.807, 2.05) is 66.7 Å². The van der Waals surface area contributed by atoms with Crippen LogP contribution in [0.5, 0.6) is 5.88 Å². The Morgan fingerprint density at radius 3 is 2.59 bits per heavy atom. The molecule has 2 heterocycles. The van der Waals surface area contributed by atoms with Gasteiger partial charge in [0.05, 0.1) is 21.9 Å². The maximum absolute atomic E-state index is 12.1. The Morgan fingerprint density at radius 1 is 1.15 bits per heavy atom. The minimum atomic E-state index is -0.572. The van der Waals surface area contributed by atoms with Crippen LogP contribution < -0.4 is 5.73 Å². The quantitative estimate of drug-likeness (QED) is 0.177. The van der Waals surface area contributed by atoms with E-state index in [1.165, 1.54) is 17.0 Å². The highest BCUT2D eigenvalue weighted by Crippen LogP contribution is 2.33. The van der Waals surface area contributed by atoms with Gasteiger partial charge < -0.3 is 20.7 Å². The van der Waals surface area contributed by atoms with Crippen LogP contribution in [0.4, 0.5) is 11.4 Å². The molecule has 0 saturated carbocycles. The average Bonchev–Trinajstić information content (AvgIpc) is 3.46. The van der Waals surface area contributed by atoms with Crippen molar-refractivity contribution in [3.63, 3.8) is 0 Å². The van der Waals surface area contributed by atoms with Gasteiger partial charge in [-0.15, -0.1) is 0 Å². The summed E-state index contributed by atoms with van der Waals surface area (Å²) in [6, 6.07) is 20.4. The first-order valence-electron chi connectivity index (χ1n) is 12.3. The number of nitrogens with two attached hydrogens (primary N) is 1. The van der Waals surface area contributed by atoms with Gasteiger partial charge in [-0.05, 0) is 30.2 Å². The van der Waals surface area contributed by atoms with Gasteiger partial charge in [-0.3, -0.25) is 19.7 Å². The molecule has 1 unspecified atom stereocenters. The number of aromatic nitrogens is 1. The number of rotatable bonds is 8. The fourth-order valence-corrected chi connectivity index (χ4v) is 4.73. The number of carbonyl (C=O) groups is 2. The summed E-state index contributed by atoms with van der Waals surface area (Å²) in [7, 11) is 0. The van der Waals surface area contributed by atoms with Crippen molar-refractivity contribution in [1.82, 2.24) is 9.88 Å². The minimum absolute atomic E-state index is 0.0903. The number of nitro groups is 1. The van der Waals surface area contributed by atoms with Crippen molar-refractivity contribution in [2.45, 2.75) is 18.9 Å². The highest BCUT2D eigenvalue weighted by atomic mass is 16.6. The highest BCUT2D eigenvalue weighted by Gasteiger charge is 2.33. The number of aromatic amines is 1. The van der Waals surface area contributed by atoms with E-state index in [4.69, 9.17) is 10.7 Å². The van der Waals surface area contributed by atoms with Gasteiger partial charge in [0.15, 0.2) is 5.88 Å². The number of carbonyl (C=O) groups excluding carboxylic acids is 2. The number of benzene rings is 3. The maximum Gasteiger partial charge on any atom is 0.270 e. The molecule has 1 aliphatic heterocycles. The lowest BCUT2D eigenvalue weighted by atomic mass is 10.0. The van der Waals surface area contributed by atoms with E-state index < -0.39 is 16.9 Å². The molecule has 10 heteroatoms. The number of fused-ring (bicyclic) bond motifs is 1. The number of aliphatic imine (C=N–C) groups is 1. The molecule has 3 aromatic carbocycles. The van der Waals surface area contributed by atoms with Gasteiger partial charge in [-0.25, -0.2) is 4.99 Å². The minimum Gasteiger partial charge on any atom is -0.494 e. The monoisotopic (exact) mass is 523 g/mol. The smallest absolute Gasteiger partial charge is 0.270 e. The van der Waals surface area contributed by atoms with E-state index in [0.717, 1.165) is 11.1 Å². The zero-order valence-corrected chi connectivity index (χ0v) is 20.8. The second-order valence-electron chi connectivity index (χ2n) is 9.16. The van der Waals surface area contributed by atoms with Gasteiger partial charge in [0.25, 0.3) is 5.69 Å². The van der Waals surface area contributed by atoms with Crippen LogP contribution in [0.25, 0.3) is 17.0 Å². The average molecular weight is 524 g/mol. The summed E-state index contributed by atoms with van der Waals surface area (Å²) in [5.41, 5.74) is 8.88. The summed E-state index contributed by atoms with van der Waals surface area (Å²) in [5, 5.41) is 22.7. The predicted octanol–water partition coefficient (Wildman–Crippen LogP) is 4.44. The second kappa shape index (κ2) is 10.6. The van der Waals surface area contributed by atoms with E-state index in [1.54, 1.807) is 6.07 Å². The topological polar surface area (TPSA) is 155 Å². The summed E-state index contributed by atoms with van der Waals surface area (Å²) in [5.74, 6) is -0.729. The Bertz CT molecular complexity index is 1620. The van der Waals surface area contributed by atoms with Gasteiger partial charge >= 0.3 is 0 Å². The van der Waals surface area contributed by atoms with Gasteiger partial charge in [-0.2, -0.15) is 0 Å². The Balaban J connectivity index is 1.46. The number of nitrogens with one attached hydrogen (secondary N) is 1. The third-order valence-corrected chi connectivity index (χ3v) is 6.66. The van der Waals surface area contributed by atoms with Gasteiger partial charge in [0.1, 0.15) is 6.04 Å². The van der Waals surface area contributed by atoms with Crippen LogP contribution in [0.3, 0.4) is 0 Å². The Morgan fingerprint density at radius 2 is 1.90 bits per heavy atom. The SMILES string of the molecule is NC(=O)C1CCC(=O)N1CC=Cc1ccc(N=C(c2ccccc2)c2c(O)[nH]c3ccc([N+](=O)[O-])cc23)cc1. The first-order valence-corrected chi connectivity index (χ1v) is 12.3. The lowest BCUT2D eigenvalue weighted by Crippen LogP contribution is -2.42. The van der Waals surface area contributed by atoms with Crippen molar-refractivity contribution in [1.29, 1.82) is 0 Å². The predicted molar refractivity (Wildman–Crippen MR) is 148 cm³/mol. The fourth-order valence-electron chi connectivity index (χ4n) is 4.73. The molecule has 1 fully saturated rings. The van der Waals surface area contributed by atoms with Gasteiger partial charge in [0, 0.05) is 41.6 Å². The van der Waals surface area contributed by atoms with Crippen molar-refractivity contribution in [3.8, 4) is 5.88 Å². The third kappa shape index (κ3) is 5.26. The van der Waals surface area contributed by atoms with Crippen LogP contribution in [0, 0.1) is 10.1 Å². The number of amides is 2. The number of aromatic hydroxyl groups is 1. The molecule has 0 spiro atoms. The first kappa shape index (κ1) is 25.4. The number of non-ortho nitro benzene ring substituents is 1. The molecule has 0 bridgehead atoms. The van der Waals surface area contributed by atoms with E-state index in [0.29, 0.717) is 40.7 Å². The first-order chi connectivity index (χ1) is 18.8. The van der Waals surface area contributed by atoms with Crippen LogP contribution in [-0.2, 0) is 9.59 Å². The Kier molecular flexibility index (Phi) is 6.92. The molecule has 1 aliphatic rings. The standard InChI is InChI=1S/C29H25N5O5/c30-28(36)24-14-15-25(35)33(24)16-4-5-18-8-10-20(11-9-18)31-27(19-6-2-1-3-7-19)26-22-17-21(34(38)39)12-13-23(22)32-29(26)37/h1-13,17,24,32,37H,14-16H2,(H2,30,36). The molecule has 10 nitrogen and oxygen atoms in total. The lowest BCUT2D eigenvalue weighted by molar-refractivity contribution is -0.384. The molecule has 196 valence electrons. The molecular formula is C29H25N5O5. The number of likely N-dealkylation sites (tertiary alicyclic amines) is 1. The summed E-state index contributed by atoms with van der Waals surface area (Å²) >= 11 is 0. The third-order valence-electron chi connectivity index (χ3n) is 6.66. The van der Waals surface area contributed by atoms with Crippen molar-refractivity contribution in [3.05, 3.63) is 106 Å². The second-order valence-corrected chi connectivity index (χ2v) is 9.16. The Hall–Kier alpha value is -5.25. The maximum atomic E-state index is 12.1. The van der Waals surface area contributed by atoms with Crippen LogP contribution in [0.15, 0.2) is 83.9 Å². The van der Waals surface area contributed by atoms with E-state index in [-0.39, 0.29) is 24.0 Å². The van der Waals surface area contributed by atoms with Crippen molar-refractivity contribution >= 4 is 45.9 Å². The molecule has 4 aromatic rings. The van der Waals surface area contributed by atoms with Gasteiger partial charge in [0.2, 0.25) is 11.8 Å². The number of nitrogens with zero attached hydrogens (tertiary/aromatic N) is 3. The Labute approximate surface area is 223 Å². The molecule has 1 saturated heterocycles. The van der Waals surface area contributed by atoms with Crippen molar-refractivity contribution in [2.24, 2.45) is 10.7 Å². The van der Waals surface area contributed by atoms with E-state index in [2.05, 4.69) is 4.98 Å². The normalized spacial score (nSPS) is 15.9. The lowest BCUT2D eigenvalue weighted by Gasteiger charge is -2.20. The van der Waals surface area contributed by atoms with Gasteiger partial charge in [-0.1, -0.05) is 54.6 Å². The van der Waals surface area contributed by atoms with Crippen molar-refractivity contribution < 1.29 is 19.6 Å². The number of hydrogen-bond donors (Lipinski definition) is 3. The number of primary amides is 1. The van der Waals surface area contributed by atoms with Crippen LogP contribution >= 0.6 is 0 Å². The summed E-state index contributed by atoms with van der Waals surface area (Å²) in [6.45, 7) is 0.288. The molecule has 0 aliphatic carbocycles. The van der Waals surface area contributed by atoms with Crippen LogP contribution in [-0.4, -0.2) is 50.0 Å². The molecule has 2 amide bonds. The zero-order valence-electron chi connectivity index (χ0n) is 20.8. The number of hydrogen-bond acceptors (Lipinski definition) is 6. The molecule has 39 heavy (non-hydrogen) atoms. The fraction of sp³-hybridized carbons (Fsp3) is 0.138. The molecule has 4 N–H and O–H groups in total. The number of H-pyrrole nitrogens is 1. The summed E-state index contributed by atoms with van der Waals surface area (Å²) < 4.78 is 0. The summed E-state index contributed by atoms with van der Waals surface area (Å²) in [6.07, 6.45) is 4.42. The molecule has 1 aromatic heterocycles. The summed E-state index contributed by atoms with van der Waals surface area (Å²) in [4.78, 5) is 43.8. The van der Waals surface area contributed by atoms with Crippen LogP contribution in [0.2, 0.25) is 0 Å². The van der Waals surface area contributed by atoms with Crippen LogP contribution in [0.1, 0.15) is 29.5 Å². The molecule has 1 atom stereocenters.